The molecule has 0 aliphatic heterocycles. The van der Waals surface area contributed by atoms with Crippen molar-refractivity contribution in [2.24, 2.45) is 0 Å². The molecule has 2 aromatic rings. The molecule has 0 saturated carbocycles. The molecule has 0 aromatic heterocycles. The average Bonchev–Trinajstić information content (AvgIpc) is 2.55. The van der Waals surface area contributed by atoms with Crippen molar-refractivity contribution in [1.82, 2.24) is 5.32 Å². The van der Waals surface area contributed by atoms with Crippen LogP contribution in [0.4, 0.5) is 0 Å². The highest BCUT2D eigenvalue weighted by Crippen LogP contribution is 2.22. The molecule has 0 aliphatic carbocycles. The van der Waals surface area contributed by atoms with E-state index < -0.39 is 0 Å². The Hall–Kier alpha value is -2.29. The smallest absolute Gasteiger partial charge is 0.255 e. The quantitative estimate of drug-likeness (QED) is 0.871. The monoisotopic (exact) mass is 283 g/mol. The predicted molar refractivity (Wildman–Crippen MR) is 84.6 cm³/mol. The zero-order valence-electron chi connectivity index (χ0n) is 12.5. The Balaban J connectivity index is 2.19. The molecule has 2 aromatic carbocycles. The molecule has 1 unspecified atom stereocenters. The Morgan fingerprint density at radius 3 is 2.43 bits per heavy atom. The standard InChI is InChI=1S/C18H21NO2/c1-3-9-16(14-10-5-4-6-11-14)19-18(20)15-12-7-8-13-17(15)21-2/h4-8,10-13,16H,3,9H2,1-2H3,(H,19,20). The predicted octanol–water partition coefficient (Wildman–Crippen LogP) is 3.97. The van der Waals surface area contributed by atoms with Crippen LogP contribution in [0.3, 0.4) is 0 Å². The van der Waals surface area contributed by atoms with Crippen LogP contribution in [0.15, 0.2) is 54.6 Å². The summed E-state index contributed by atoms with van der Waals surface area (Å²) in [6.07, 6.45) is 1.91. The number of carbonyl (C=O) groups is 1. The van der Waals surface area contributed by atoms with Crippen molar-refractivity contribution in [3.05, 3.63) is 65.7 Å². The molecule has 1 atom stereocenters. The summed E-state index contributed by atoms with van der Waals surface area (Å²) < 4.78 is 5.25. The van der Waals surface area contributed by atoms with E-state index in [1.807, 2.05) is 42.5 Å². The molecule has 2 rings (SSSR count). The molecule has 3 heteroatoms. The van der Waals surface area contributed by atoms with E-state index >= 15 is 0 Å². The summed E-state index contributed by atoms with van der Waals surface area (Å²) in [5, 5.41) is 3.11. The summed E-state index contributed by atoms with van der Waals surface area (Å²) in [5.74, 6) is 0.494. The average molecular weight is 283 g/mol. The van der Waals surface area contributed by atoms with Crippen LogP contribution in [0, 0.1) is 0 Å². The van der Waals surface area contributed by atoms with Gasteiger partial charge >= 0.3 is 0 Å². The number of benzene rings is 2. The van der Waals surface area contributed by atoms with Gasteiger partial charge in [-0.1, -0.05) is 55.8 Å². The van der Waals surface area contributed by atoms with Gasteiger partial charge in [0.2, 0.25) is 0 Å². The van der Waals surface area contributed by atoms with Gasteiger partial charge in [-0.2, -0.15) is 0 Å². The van der Waals surface area contributed by atoms with Crippen LogP contribution >= 0.6 is 0 Å². The van der Waals surface area contributed by atoms with Crippen LogP contribution in [-0.4, -0.2) is 13.0 Å². The first-order valence-corrected chi connectivity index (χ1v) is 7.25. The van der Waals surface area contributed by atoms with E-state index in [1.165, 1.54) is 0 Å². The molecule has 21 heavy (non-hydrogen) atoms. The van der Waals surface area contributed by atoms with E-state index in [9.17, 15) is 4.79 Å². The van der Waals surface area contributed by atoms with E-state index in [0.717, 1.165) is 18.4 Å². The molecule has 1 amide bonds. The zero-order valence-corrected chi connectivity index (χ0v) is 12.5. The topological polar surface area (TPSA) is 38.3 Å². The lowest BCUT2D eigenvalue weighted by molar-refractivity contribution is 0.0931. The molecule has 0 heterocycles. The highest BCUT2D eigenvalue weighted by Gasteiger charge is 2.17. The fraction of sp³-hybridized carbons (Fsp3) is 0.278. The lowest BCUT2D eigenvalue weighted by atomic mass is 10.0. The lowest BCUT2D eigenvalue weighted by Crippen LogP contribution is -2.28. The van der Waals surface area contributed by atoms with Crippen LogP contribution < -0.4 is 10.1 Å². The van der Waals surface area contributed by atoms with Gasteiger partial charge < -0.3 is 10.1 Å². The minimum atomic E-state index is -0.102. The molecule has 0 saturated heterocycles. The van der Waals surface area contributed by atoms with Crippen LogP contribution in [0.5, 0.6) is 5.75 Å². The first-order valence-electron chi connectivity index (χ1n) is 7.25. The third-order valence-corrected chi connectivity index (χ3v) is 3.44. The van der Waals surface area contributed by atoms with Crippen molar-refractivity contribution in [2.45, 2.75) is 25.8 Å². The van der Waals surface area contributed by atoms with E-state index in [-0.39, 0.29) is 11.9 Å². The highest BCUT2D eigenvalue weighted by atomic mass is 16.5. The summed E-state index contributed by atoms with van der Waals surface area (Å²) in [5.41, 5.74) is 1.69. The van der Waals surface area contributed by atoms with Gasteiger partial charge in [0.25, 0.3) is 5.91 Å². The summed E-state index contributed by atoms with van der Waals surface area (Å²) in [7, 11) is 1.58. The Morgan fingerprint density at radius 1 is 1.10 bits per heavy atom. The summed E-state index contributed by atoms with van der Waals surface area (Å²) >= 11 is 0. The van der Waals surface area contributed by atoms with Gasteiger partial charge in [0, 0.05) is 0 Å². The van der Waals surface area contributed by atoms with Crippen LogP contribution in [0.1, 0.15) is 41.7 Å². The molecule has 110 valence electrons. The number of hydrogen-bond acceptors (Lipinski definition) is 2. The maximum absolute atomic E-state index is 12.5. The summed E-state index contributed by atoms with van der Waals surface area (Å²) in [4.78, 5) is 12.5. The van der Waals surface area contributed by atoms with E-state index in [1.54, 1.807) is 19.2 Å². The van der Waals surface area contributed by atoms with Crippen molar-refractivity contribution in [2.75, 3.05) is 7.11 Å². The summed E-state index contributed by atoms with van der Waals surface area (Å²) in [6, 6.07) is 17.4. The van der Waals surface area contributed by atoms with Gasteiger partial charge in [0.15, 0.2) is 0 Å². The third kappa shape index (κ3) is 3.85. The second-order valence-corrected chi connectivity index (χ2v) is 4.93. The minimum Gasteiger partial charge on any atom is -0.496 e. The SMILES string of the molecule is CCCC(NC(=O)c1ccccc1OC)c1ccccc1. The summed E-state index contributed by atoms with van der Waals surface area (Å²) in [6.45, 7) is 2.12. The number of nitrogens with one attached hydrogen (secondary N) is 1. The maximum Gasteiger partial charge on any atom is 0.255 e. The Kier molecular flexibility index (Phi) is 5.38. The van der Waals surface area contributed by atoms with Crippen molar-refractivity contribution >= 4 is 5.91 Å². The van der Waals surface area contributed by atoms with Gasteiger partial charge in [0.1, 0.15) is 5.75 Å². The van der Waals surface area contributed by atoms with E-state index in [0.29, 0.717) is 11.3 Å². The molecule has 0 fully saturated rings. The minimum absolute atomic E-state index is 0.0219. The number of rotatable bonds is 6. The van der Waals surface area contributed by atoms with Gasteiger partial charge in [-0.3, -0.25) is 4.79 Å². The fourth-order valence-corrected chi connectivity index (χ4v) is 2.36. The van der Waals surface area contributed by atoms with Crippen molar-refractivity contribution in [3.8, 4) is 5.75 Å². The molecule has 0 bridgehead atoms. The number of para-hydroxylation sites is 1. The number of methoxy groups -OCH3 is 1. The first kappa shape index (κ1) is 15.1. The zero-order chi connectivity index (χ0) is 15.1. The Bertz CT molecular complexity index is 581. The molecular weight excluding hydrogens is 262 g/mol. The molecule has 3 nitrogen and oxygen atoms in total. The molecule has 0 aliphatic rings. The lowest BCUT2D eigenvalue weighted by Gasteiger charge is -2.19. The van der Waals surface area contributed by atoms with E-state index in [2.05, 4.69) is 12.2 Å². The van der Waals surface area contributed by atoms with Gasteiger partial charge in [-0.15, -0.1) is 0 Å². The Labute approximate surface area is 126 Å². The highest BCUT2D eigenvalue weighted by molar-refractivity contribution is 5.97. The third-order valence-electron chi connectivity index (χ3n) is 3.44. The van der Waals surface area contributed by atoms with Crippen LogP contribution in [-0.2, 0) is 0 Å². The number of carbonyl (C=O) groups excluding carboxylic acids is 1. The van der Waals surface area contributed by atoms with Crippen LogP contribution in [0.25, 0.3) is 0 Å². The van der Waals surface area contributed by atoms with Crippen LogP contribution in [0.2, 0.25) is 0 Å². The molecular formula is C18H21NO2. The van der Waals surface area contributed by atoms with Crippen molar-refractivity contribution in [1.29, 1.82) is 0 Å². The van der Waals surface area contributed by atoms with Crippen molar-refractivity contribution < 1.29 is 9.53 Å². The van der Waals surface area contributed by atoms with E-state index in [4.69, 9.17) is 4.74 Å². The second kappa shape index (κ2) is 7.48. The largest absolute Gasteiger partial charge is 0.496 e. The molecule has 0 radical (unpaired) electrons. The number of amides is 1. The number of hydrogen-bond donors (Lipinski definition) is 1. The first-order chi connectivity index (χ1) is 10.3. The Morgan fingerprint density at radius 2 is 1.76 bits per heavy atom. The van der Waals surface area contributed by atoms with Gasteiger partial charge in [0.05, 0.1) is 18.7 Å². The molecule has 0 spiro atoms. The van der Waals surface area contributed by atoms with Gasteiger partial charge in [-0.25, -0.2) is 0 Å². The normalized spacial score (nSPS) is 11.7. The maximum atomic E-state index is 12.5. The number of ether oxygens (including phenoxy) is 1. The fourth-order valence-electron chi connectivity index (χ4n) is 2.36. The molecule has 1 N–H and O–H groups in total. The second-order valence-electron chi connectivity index (χ2n) is 4.93. The van der Waals surface area contributed by atoms with Crippen molar-refractivity contribution in [3.63, 3.8) is 0 Å². The van der Waals surface area contributed by atoms with Gasteiger partial charge in [-0.05, 0) is 24.1 Å².